The molecular formula is C23H28F3N3O3S. The number of hydrogen-bond acceptors (Lipinski definition) is 3. The largest absolute Gasteiger partial charge is 0.402 e. The van der Waals surface area contributed by atoms with Crippen LogP contribution in [0.3, 0.4) is 0 Å². The fraction of sp³-hybridized carbons (Fsp3) is 0.435. The number of anilines is 1. The standard InChI is InChI=1S/C23H28F3N3O3S/c1-22(2)12-6-9-17(14-22)28-21(30)29-20-13-18(33(31,32)27-15-23(24,25)26)10-11-19(20)16-7-4-3-5-8-16/h3-5,7-8,10-11,13,17,27H,6,9,12,14-15H2,1-2H3,(H2,28,29,30). The van der Waals surface area contributed by atoms with Crippen LogP contribution >= 0.6 is 0 Å². The van der Waals surface area contributed by atoms with Gasteiger partial charge in [0.2, 0.25) is 10.0 Å². The molecule has 0 radical (unpaired) electrons. The molecule has 0 heterocycles. The number of alkyl halides is 3. The summed E-state index contributed by atoms with van der Waals surface area (Å²) < 4.78 is 63.9. The number of rotatable bonds is 6. The first-order valence-electron chi connectivity index (χ1n) is 10.7. The van der Waals surface area contributed by atoms with Crippen molar-refractivity contribution in [3.05, 3.63) is 48.5 Å². The van der Waals surface area contributed by atoms with E-state index in [-0.39, 0.29) is 22.0 Å². The molecule has 0 aliphatic heterocycles. The molecule has 6 nitrogen and oxygen atoms in total. The molecule has 0 bridgehead atoms. The third kappa shape index (κ3) is 7.20. The molecule has 3 N–H and O–H groups in total. The van der Waals surface area contributed by atoms with E-state index in [1.54, 1.807) is 29.0 Å². The summed E-state index contributed by atoms with van der Waals surface area (Å²) in [7, 11) is -4.44. The molecule has 1 aliphatic carbocycles. The number of hydrogen-bond donors (Lipinski definition) is 3. The van der Waals surface area contributed by atoms with Gasteiger partial charge in [-0.15, -0.1) is 0 Å². The fourth-order valence-corrected chi connectivity index (χ4v) is 5.13. The van der Waals surface area contributed by atoms with Crippen molar-refractivity contribution in [2.24, 2.45) is 5.41 Å². The molecule has 2 aromatic carbocycles. The van der Waals surface area contributed by atoms with E-state index in [9.17, 15) is 26.4 Å². The number of sulfonamides is 1. The highest BCUT2D eigenvalue weighted by molar-refractivity contribution is 7.89. The molecule has 1 fully saturated rings. The van der Waals surface area contributed by atoms with E-state index in [1.807, 2.05) is 6.07 Å². The summed E-state index contributed by atoms with van der Waals surface area (Å²) in [5.41, 5.74) is 1.57. The first kappa shape index (κ1) is 25.0. The lowest BCUT2D eigenvalue weighted by Crippen LogP contribution is -2.42. The molecule has 2 aromatic rings. The Balaban J connectivity index is 1.87. The highest BCUT2D eigenvalue weighted by Crippen LogP contribution is 2.35. The topological polar surface area (TPSA) is 87.3 Å². The average Bonchev–Trinajstić information content (AvgIpc) is 2.72. The summed E-state index contributed by atoms with van der Waals surface area (Å²) in [6.45, 7) is 2.61. The molecule has 0 spiro atoms. The van der Waals surface area contributed by atoms with Crippen LogP contribution in [0, 0.1) is 5.41 Å². The van der Waals surface area contributed by atoms with E-state index in [0.29, 0.717) is 5.56 Å². The van der Waals surface area contributed by atoms with E-state index >= 15 is 0 Å². The highest BCUT2D eigenvalue weighted by Gasteiger charge is 2.31. The van der Waals surface area contributed by atoms with Crippen LogP contribution in [-0.2, 0) is 10.0 Å². The monoisotopic (exact) mass is 483 g/mol. The van der Waals surface area contributed by atoms with Crippen LogP contribution in [0.2, 0.25) is 0 Å². The zero-order valence-electron chi connectivity index (χ0n) is 18.5. The predicted molar refractivity (Wildman–Crippen MR) is 121 cm³/mol. The normalized spacial score (nSPS) is 18.5. The van der Waals surface area contributed by atoms with E-state index in [1.165, 1.54) is 18.2 Å². The quantitative estimate of drug-likeness (QED) is 0.522. The smallest absolute Gasteiger partial charge is 0.335 e. The van der Waals surface area contributed by atoms with Gasteiger partial charge in [-0.1, -0.05) is 56.7 Å². The van der Waals surface area contributed by atoms with Crippen molar-refractivity contribution < 1.29 is 26.4 Å². The maximum atomic E-state index is 12.8. The molecule has 1 unspecified atom stereocenters. The Labute approximate surface area is 192 Å². The Morgan fingerprint density at radius 1 is 1.12 bits per heavy atom. The Morgan fingerprint density at radius 2 is 1.82 bits per heavy atom. The molecule has 0 aromatic heterocycles. The molecule has 2 amide bonds. The lowest BCUT2D eigenvalue weighted by Gasteiger charge is -2.35. The SMILES string of the molecule is CC1(C)CCCC(NC(=O)Nc2cc(S(=O)(=O)NCC(F)(F)F)ccc2-c2ccccc2)C1. The van der Waals surface area contributed by atoms with Crippen LogP contribution in [0.5, 0.6) is 0 Å². The Hall–Kier alpha value is -2.59. The van der Waals surface area contributed by atoms with Gasteiger partial charge in [0, 0.05) is 11.6 Å². The second-order valence-corrected chi connectivity index (χ2v) is 10.8. The van der Waals surface area contributed by atoms with Gasteiger partial charge in [-0.05, 0) is 42.4 Å². The number of amides is 2. The van der Waals surface area contributed by atoms with Gasteiger partial charge in [0.05, 0.1) is 10.6 Å². The number of carbonyl (C=O) groups excluding carboxylic acids is 1. The van der Waals surface area contributed by atoms with Gasteiger partial charge >= 0.3 is 12.2 Å². The fourth-order valence-electron chi connectivity index (χ4n) is 4.09. The zero-order chi connectivity index (χ0) is 24.3. The molecular weight excluding hydrogens is 455 g/mol. The summed E-state index contributed by atoms with van der Waals surface area (Å²) in [6, 6.07) is 12.3. The van der Waals surface area contributed by atoms with E-state index in [0.717, 1.165) is 31.2 Å². The molecule has 3 rings (SSSR count). The van der Waals surface area contributed by atoms with Gasteiger partial charge in [-0.2, -0.15) is 13.2 Å². The zero-order valence-corrected chi connectivity index (χ0v) is 19.3. The third-order valence-corrected chi connectivity index (χ3v) is 7.04. The first-order chi connectivity index (χ1) is 15.3. The molecule has 10 heteroatoms. The van der Waals surface area contributed by atoms with Gasteiger partial charge in [0.15, 0.2) is 0 Å². The number of halogens is 3. The van der Waals surface area contributed by atoms with Gasteiger partial charge in [-0.3, -0.25) is 0 Å². The molecule has 0 saturated heterocycles. The van der Waals surface area contributed by atoms with Crippen molar-refractivity contribution in [3.63, 3.8) is 0 Å². The first-order valence-corrected chi connectivity index (χ1v) is 12.2. The minimum absolute atomic E-state index is 0.0192. The summed E-state index contributed by atoms with van der Waals surface area (Å²) in [4.78, 5) is 12.4. The summed E-state index contributed by atoms with van der Waals surface area (Å²) in [5.74, 6) is 0. The van der Waals surface area contributed by atoms with E-state index < -0.39 is 28.8 Å². The third-order valence-electron chi connectivity index (χ3n) is 5.64. The molecule has 33 heavy (non-hydrogen) atoms. The lowest BCUT2D eigenvalue weighted by molar-refractivity contribution is -0.121. The van der Waals surface area contributed by atoms with Crippen molar-refractivity contribution in [3.8, 4) is 11.1 Å². The van der Waals surface area contributed by atoms with Gasteiger partial charge < -0.3 is 10.6 Å². The number of nitrogens with one attached hydrogen (secondary N) is 3. The van der Waals surface area contributed by atoms with E-state index in [2.05, 4.69) is 24.5 Å². The maximum Gasteiger partial charge on any atom is 0.402 e. The molecule has 1 aliphatic rings. The van der Waals surface area contributed by atoms with Crippen molar-refractivity contribution in [1.29, 1.82) is 0 Å². The number of carbonyl (C=O) groups is 1. The minimum atomic E-state index is -4.69. The van der Waals surface area contributed by atoms with Crippen molar-refractivity contribution >= 4 is 21.7 Å². The second kappa shape index (κ2) is 9.72. The van der Waals surface area contributed by atoms with Crippen LogP contribution in [0.15, 0.2) is 53.4 Å². The van der Waals surface area contributed by atoms with Gasteiger partial charge in [0.1, 0.15) is 6.54 Å². The van der Waals surface area contributed by atoms with Crippen molar-refractivity contribution in [2.75, 3.05) is 11.9 Å². The van der Waals surface area contributed by atoms with Crippen LogP contribution in [0.1, 0.15) is 39.5 Å². The van der Waals surface area contributed by atoms with Crippen LogP contribution in [-0.4, -0.2) is 33.2 Å². The number of urea groups is 1. The van der Waals surface area contributed by atoms with Crippen LogP contribution < -0.4 is 15.4 Å². The van der Waals surface area contributed by atoms with Crippen LogP contribution in [0.25, 0.3) is 11.1 Å². The Bertz CT molecular complexity index is 1090. The lowest BCUT2D eigenvalue weighted by atomic mass is 9.75. The van der Waals surface area contributed by atoms with Crippen molar-refractivity contribution in [1.82, 2.24) is 10.0 Å². The van der Waals surface area contributed by atoms with Gasteiger partial charge in [-0.25, -0.2) is 17.9 Å². The molecule has 1 atom stereocenters. The number of benzene rings is 2. The minimum Gasteiger partial charge on any atom is -0.335 e. The summed E-state index contributed by atoms with van der Waals surface area (Å²) in [6.07, 6.45) is -0.951. The highest BCUT2D eigenvalue weighted by atomic mass is 32.2. The van der Waals surface area contributed by atoms with E-state index in [4.69, 9.17) is 0 Å². The van der Waals surface area contributed by atoms with Gasteiger partial charge in [0.25, 0.3) is 0 Å². The molecule has 180 valence electrons. The van der Waals surface area contributed by atoms with Crippen molar-refractivity contribution in [2.45, 2.75) is 56.6 Å². The predicted octanol–water partition coefficient (Wildman–Crippen LogP) is 5.28. The summed E-state index contributed by atoms with van der Waals surface area (Å²) in [5, 5.41) is 5.65. The average molecular weight is 484 g/mol. The Kier molecular flexibility index (Phi) is 7.38. The molecule has 1 saturated carbocycles. The Morgan fingerprint density at radius 3 is 2.45 bits per heavy atom. The summed E-state index contributed by atoms with van der Waals surface area (Å²) >= 11 is 0. The second-order valence-electron chi connectivity index (χ2n) is 9.07. The maximum absolute atomic E-state index is 12.8. The van der Waals surface area contributed by atoms with Crippen LogP contribution in [0.4, 0.5) is 23.7 Å².